The SMILES string of the molecule is CS(=O)(=O)Nc1ncnc(Cl)c1Cl. The van der Waals surface area contributed by atoms with E-state index in [0.29, 0.717) is 0 Å². The molecule has 0 bridgehead atoms. The van der Waals surface area contributed by atoms with Crippen molar-refractivity contribution in [3.8, 4) is 0 Å². The lowest BCUT2D eigenvalue weighted by Gasteiger charge is -2.04. The molecule has 0 aliphatic rings. The number of sulfonamides is 1. The van der Waals surface area contributed by atoms with Gasteiger partial charge >= 0.3 is 0 Å². The number of hydrogen-bond donors (Lipinski definition) is 1. The van der Waals surface area contributed by atoms with E-state index in [2.05, 4.69) is 14.7 Å². The maximum absolute atomic E-state index is 10.8. The highest BCUT2D eigenvalue weighted by Crippen LogP contribution is 2.25. The van der Waals surface area contributed by atoms with E-state index in [1.165, 1.54) is 0 Å². The summed E-state index contributed by atoms with van der Waals surface area (Å²) in [6.45, 7) is 0. The second kappa shape index (κ2) is 3.65. The Morgan fingerprint density at radius 2 is 2.00 bits per heavy atom. The summed E-state index contributed by atoms with van der Waals surface area (Å²) in [4.78, 5) is 7.16. The Morgan fingerprint density at radius 1 is 1.38 bits per heavy atom. The van der Waals surface area contributed by atoms with Gasteiger partial charge in [0, 0.05) is 0 Å². The number of rotatable bonds is 2. The maximum Gasteiger partial charge on any atom is 0.231 e. The normalized spacial score (nSPS) is 11.3. The van der Waals surface area contributed by atoms with Crippen molar-refractivity contribution in [3.05, 3.63) is 16.5 Å². The van der Waals surface area contributed by atoms with Gasteiger partial charge in [0.25, 0.3) is 0 Å². The third kappa shape index (κ3) is 2.98. The third-order valence-electron chi connectivity index (χ3n) is 1.03. The van der Waals surface area contributed by atoms with Gasteiger partial charge in [0.2, 0.25) is 10.0 Å². The van der Waals surface area contributed by atoms with Crippen LogP contribution in [0.3, 0.4) is 0 Å². The van der Waals surface area contributed by atoms with E-state index in [4.69, 9.17) is 23.2 Å². The molecule has 0 aliphatic heterocycles. The van der Waals surface area contributed by atoms with Crippen molar-refractivity contribution in [2.24, 2.45) is 0 Å². The molecule has 0 saturated heterocycles. The van der Waals surface area contributed by atoms with Crippen LogP contribution in [0, 0.1) is 0 Å². The Bertz CT molecular complexity index is 420. The molecule has 0 aromatic carbocycles. The van der Waals surface area contributed by atoms with Gasteiger partial charge in [-0.25, -0.2) is 18.4 Å². The first-order valence-electron chi connectivity index (χ1n) is 3.04. The standard InChI is InChI=1S/C5H5Cl2N3O2S/c1-13(11,12)10-5-3(6)4(7)8-2-9-5/h2H,1H3,(H,8,9,10). The van der Waals surface area contributed by atoms with Gasteiger partial charge in [0.05, 0.1) is 6.26 Å². The molecule has 0 aliphatic carbocycles. The number of nitrogens with zero attached hydrogens (tertiary/aromatic N) is 2. The molecule has 0 fully saturated rings. The number of hydrogen-bond acceptors (Lipinski definition) is 4. The van der Waals surface area contributed by atoms with Crippen LogP contribution in [0.15, 0.2) is 6.33 Å². The Balaban J connectivity index is 3.10. The lowest BCUT2D eigenvalue weighted by molar-refractivity contribution is 0.606. The van der Waals surface area contributed by atoms with E-state index in [1.54, 1.807) is 0 Å². The van der Waals surface area contributed by atoms with Crippen LogP contribution < -0.4 is 4.72 Å². The lowest BCUT2D eigenvalue weighted by Crippen LogP contribution is -2.11. The molecular weight excluding hydrogens is 237 g/mol. The smallest absolute Gasteiger partial charge is 0.231 e. The minimum absolute atomic E-state index is 0.00261. The van der Waals surface area contributed by atoms with Gasteiger partial charge in [-0.15, -0.1) is 0 Å². The molecule has 5 nitrogen and oxygen atoms in total. The summed E-state index contributed by atoms with van der Waals surface area (Å²) in [5, 5.41) is -0.0163. The van der Waals surface area contributed by atoms with Crippen LogP contribution in [0.1, 0.15) is 0 Å². The van der Waals surface area contributed by atoms with Gasteiger partial charge in [-0.1, -0.05) is 23.2 Å². The quantitative estimate of drug-likeness (QED) is 0.789. The van der Waals surface area contributed by atoms with Gasteiger partial charge in [-0.2, -0.15) is 0 Å². The predicted molar refractivity (Wildman–Crippen MR) is 50.5 cm³/mol. The highest BCUT2D eigenvalue weighted by Gasteiger charge is 2.10. The molecule has 0 radical (unpaired) electrons. The average molecular weight is 242 g/mol. The van der Waals surface area contributed by atoms with E-state index in [0.717, 1.165) is 12.6 Å². The van der Waals surface area contributed by atoms with Gasteiger partial charge in [0.15, 0.2) is 11.0 Å². The zero-order valence-corrected chi connectivity index (χ0v) is 8.78. The van der Waals surface area contributed by atoms with Gasteiger partial charge in [-0.05, 0) is 0 Å². The number of aromatic nitrogens is 2. The molecule has 1 N–H and O–H groups in total. The van der Waals surface area contributed by atoms with Crippen molar-refractivity contribution in [1.82, 2.24) is 9.97 Å². The monoisotopic (exact) mass is 241 g/mol. The molecule has 1 aromatic heterocycles. The lowest BCUT2D eigenvalue weighted by atomic mass is 10.6. The topological polar surface area (TPSA) is 72.0 Å². The van der Waals surface area contributed by atoms with Crippen LogP contribution in [0.5, 0.6) is 0 Å². The first-order valence-corrected chi connectivity index (χ1v) is 5.68. The molecule has 8 heteroatoms. The second-order valence-corrected chi connectivity index (χ2v) is 4.69. The first-order chi connectivity index (χ1) is 5.90. The second-order valence-electron chi connectivity index (χ2n) is 2.20. The van der Waals surface area contributed by atoms with Crippen LogP contribution >= 0.6 is 23.2 Å². The van der Waals surface area contributed by atoms with Crippen LogP contribution in [-0.4, -0.2) is 24.6 Å². The number of halogens is 2. The Labute approximate surface area is 85.2 Å². The van der Waals surface area contributed by atoms with Crippen LogP contribution in [0.25, 0.3) is 0 Å². The summed E-state index contributed by atoms with van der Waals surface area (Å²) in [6.07, 6.45) is 2.10. The fourth-order valence-corrected chi connectivity index (χ4v) is 1.44. The molecular formula is C5H5Cl2N3O2S. The molecule has 1 heterocycles. The number of nitrogens with one attached hydrogen (secondary N) is 1. The summed E-state index contributed by atoms with van der Waals surface area (Å²) >= 11 is 11.1. The Hall–Kier alpha value is -0.590. The molecule has 0 atom stereocenters. The molecule has 13 heavy (non-hydrogen) atoms. The van der Waals surface area contributed by atoms with E-state index < -0.39 is 10.0 Å². The maximum atomic E-state index is 10.8. The summed E-state index contributed by atoms with van der Waals surface area (Å²) in [5.41, 5.74) is 0. The third-order valence-corrected chi connectivity index (χ3v) is 2.33. The van der Waals surface area contributed by atoms with Crippen molar-refractivity contribution in [2.45, 2.75) is 0 Å². The largest absolute Gasteiger partial charge is 0.266 e. The highest BCUT2D eigenvalue weighted by molar-refractivity contribution is 7.92. The van der Waals surface area contributed by atoms with E-state index >= 15 is 0 Å². The van der Waals surface area contributed by atoms with Crippen molar-refractivity contribution in [3.63, 3.8) is 0 Å². The summed E-state index contributed by atoms with van der Waals surface area (Å²) in [7, 11) is -3.40. The van der Waals surface area contributed by atoms with Crippen molar-refractivity contribution in [1.29, 1.82) is 0 Å². The van der Waals surface area contributed by atoms with E-state index in [9.17, 15) is 8.42 Å². The molecule has 1 aromatic rings. The Morgan fingerprint density at radius 3 is 2.54 bits per heavy atom. The predicted octanol–water partition coefficient (Wildman–Crippen LogP) is 1.15. The van der Waals surface area contributed by atoms with Gasteiger partial charge in [-0.3, -0.25) is 4.72 Å². The zero-order valence-electron chi connectivity index (χ0n) is 6.45. The van der Waals surface area contributed by atoms with E-state index in [-0.39, 0.29) is 16.0 Å². The molecule has 0 unspecified atom stereocenters. The molecule has 0 amide bonds. The fraction of sp³-hybridized carbons (Fsp3) is 0.200. The zero-order chi connectivity index (χ0) is 10.1. The minimum Gasteiger partial charge on any atom is -0.266 e. The van der Waals surface area contributed by atoms with Crippen LogP contribution in [0.2, 0.25) is 10.2 Å². The van der Waals surface area contributed by atoms with Crippen molar-refractivity contribution < 1.29 is 8.42 Å². The van der Waals surface area contributed by atoms with Crippen LogP contribution in [0.4, 0.5) is 5.82 Å². The van der Waals surface area contributed by atoms with Crippen LogP contribution in [-0.2, 0) is 10.0 Å². The summed E-state index contributed by atoms with van der Waals surface area (Å²) < 4.78 is 23.7. The Kier molecular flexibility index (Phi) is 2.94. The molecule has 1 rings (SSSR count). The summed E-state index contributed by atoms with van der Waals surface area (Å²) in [6, 6.07) is 0. The van der Waals surface area contributed by atoms with E-state index in [1.807, 2.05) is 0 Å². The number of anilines is 1. The van der Waals surface area contributed by atoms with Crippen molar-refractivity contribution >= 4 is 39.0 Å². The van der Waals surface area contributed by atoms with Crippen molar-refractivity contribution in [2.75, 3.05) is 11.0 Å². The highest BCUT2D eigenvalue weighted by atomic mass is 35.5. The minimum atomic E-state index is -3.40. The fourth-order valence-electron chi connectivity index (χ4n) is 0.595. The molecule has 0 saturated carbocycles. The van der Waals surface area contributed by atoms with Gasteiger partial charge < -0.3 is 0 Å². The molecule has 72 valence electrons. The van der Waals surface area contributed by atoms with Gasteiger partial charge in [0.1, 0.15) is 11.3 Å². The summed E-state index contributed by atoms with van der Waals surface area (Å²) in [5.74, 6) is -0.0239. The average Bonchev–Trinajstić information content (AvgIpc) is 1.96. The molecule has 0 spiro atoms. The first kappa shape index (κ1) is 10.5.